The Morgan fingerprint density at radius 3 is 3.17 bits per heavy atom. The Balaban J connectivity index is 2.06. The zero-order chi connectivity index (χ0) is 12.8. The number of nitrogens with zero attached hydrogens (tertiary/aromatic N) is 1. The molecule has 0 aliphatic carbocycles. The second kappa shape index (κ2) is 6.40. The molecule has 18 heavy (non-hydrogen) atoms. The molecular formula is C12H10N2O2S2. The Morgan fingerprint density at radius 1 is 1.50 bits per heavy atom. The Hall–Kier alpha value is -1.55. The second-order valence-electron chi connectivity index (χ2n) is 3.25. The molecule has 92 valence electrons. The lowest BCUT2D eigenvalue weighted by molar-refractivity contribution is 0.350. The summed E-state index contributed by atoms with van der Waals surface area (Å²) >= 11 is 3.05. The van der Waals surface area contributed by atoms with Gasteiger partial charge in [-0.2, -0.15) is 0 Å². The van der Waals surface area contributed by atoms with Crippen LogP contribution in [0.4, 0.5) is 0 Å². The summed E-state index contributed by atoms with van der Waals surface area (Å²) in [6, 6.07) is 3.30. The fourth-order valence-electron chi connectivity index (χ4n) is 1.26. The van der Waals surface area contributed by atoms with Gasteiger partial charge in [0.2, 0.25) is 0 Å². The van der Waals surface area contributed by atoms with E-state index in [1.54, 1.807) is 11.3 Å². The minimum atomic E-state index is -0.154. The van der Waals surface area contributed by atoms with Crippen LogP contribution in [0.1, 0.15) is 10.4 Å². The molecule has 0 amide bonds. The maximum absolute atomic E-state index is 11.1. The normalized spacial score (nSPS) is 9.83. The molecule has 0 atom stereocenters. The zero-order valence-corrected chi connectivity index (χ0v) is 11.0. The van der Waals surface area contributed by atoms with Gasteiger partial charge in [0, 0.05) is 28.5 Å². The Morgan fingerprint density at radius 2 is 2.39 bits per heavy atom. The molecule has 0 bridgehead atoms. The van der Waals surface area contributed by atoms with Crippen molar-refractivity contribution < 1.29 is 5.11 Å². The Kier molecular flexibility index (Phi) is 4.59. The van der Waals surface area contributed by atoms with Crippen molar-refractivity contribution in [2.24, 2.45) is 0 Å². The van der Waals surface area contributed by atoms with Crippen molar-refractivity contribution in [3.8, 4) is 11.8 Å². The van der Waals surface area contributed by atoms with Gasteiger partial charge in [-0.15, -0.1) is 11.3 Å². The van der Waals surface area contributed by atoms with Gasteiger partial charge in [0.05, 0.1) is 0 Å². The molecule has 0 unspecified atom stereocenters. The van der Waals surface area contributed by atoms with Gasteiger partial charge in [-0.3, -0.25) is 4.79 Å². The van der Waals surface area contributed by atoms with Crippen LogP contribution in [0.3, 0.4) is 0 Å². The lowest BCUT2D eigenvalue weighted by Crippen LogP contribution is -2.05. The fraction of sp³-hybridized carbons (Fsp3) is 0.167. The molecule has 2 aromatic rings. The number of aromatic nitrogens is 2. The number of aliphatic hydroxyl groups is 1. The van der Waals surface area contributed by atoms with Gasteiger partial charge in [0.15, 0.2) is 5.16 Å². The van der Waals surface area contributed by atoms with Crippen LogP contribution in [0.25, 0.3) is 0 Å². The fourth-order valence-corrected chi connectivity index (χ4v) is 3.05. The largest absolute Gasteiger partial charge is 0.384 e. The van der Waals surface area contributed by atoms with Crippen molar-refractivity contribution in [1.82, 2.24) is 9.97 Å². The van der Waals surface area contributed by atoms with Crippen LogP contribution in [0, 0.1) is 11.8 Å². The van der Waals surface area contributed by atoms with E-state index in [-0.39, 0.29) is 12.2 Å². The van der Waals surface area contributed by atoms with Crippen LogP contribution in [0.15, 0.2) is 33.7 Å². The lowest BCUT2D eigenvalue weighted by Gasteiger charge is -1.98. The number of hydrogen-bond acceptors (Lipinski definition) is 5. The number of thioether (sulfide) groups is 1. The monoisotopic (exact) mass is 278 g/mol. The summed E-state index contributed by atoms with van der Waals surface area (Å²) in [4.78, 5) is 18.9. The highest BCUT2D eigenvalue weighted by molar-refractivity contribution is 7.98. The van der Waals surface area contributed by atoms with Gasteiger partial charge >= 0.3 is 0 Å². The molecule has 0 saturated heterocycles. The molecule has 2 aromatic heterocycles. The van der Waals surface area contributed by atoms with E-state index in [1.165, 1.54) is 24.0 Å². The molecule has 4 nitrogen and oxygen atoms in total. The molecule has 2 rings (SSSR count). The third-order valence-corrected chi connectivity index (χ3v) is 4.05. The topological polar surface area (TPSA) is 66.0 Å². The number of thiophene rings is 1. The third kappa shape index (κ3) is 3.47. The number of nitrogens with one attached hydrogen (secondary N) is 1. The van der Waals surface area contributed by atoms with E-state index >= 15 is 0 Å². The Labute approximate surface area is 112 Å². The predicted octanol–water partition coefficient (Wildman–Crippen LogP) is 1.47. The number of H-pyrrole nitrogens is 1. The summed E-state index contributed by atoms with van der Waals surface area (Å²) in [5, 5.41) is 11.2. The number of aliphatic hydroxyl groups excluding tert-OH is 1. The molecule has 6 heteroatoms. The summed E-state index contributed by atoms with van der Waals surface area (Å²) in [7, 11) is 0. The minimum absolute atomic E-state index is 0.143. The number of aromatic amines is 1. The van der Waals surface area contributed by atoms with Gasteiger partial charge in [-0.05, 0) is 11.4 Å². The quantitative estimate of drug-likeness (QED) is 0.507. The zero-order valence-electron chi connectivity index (χ0n) is 9.34. The predicted molar refractivity (Wildman–Crippen MR) is 72.7 cm³/mol. The molecule has 0 aliphatic heterocycles. The summed E-state index contributed by atoms with van der Waals surface area (Å²) < 4.78 is 0. The lowest BCUT2D eigenvalue weighted by atomic mass is 10.3. The van der Waals surface area contributed by atoms with Crippen molar-refractivity contribution in [1.29, 1.82) is 0 Å². The highest BCUT2D eigenvalue weighted by atomic mass is 32.2. The van der Waals surface area contributed by atoms with E-state index < -0.39 is 0 Å². The van der Waals surface area contributed by atoms with Gasteiger partial charge < -0.3 is 10.1 Å². The molecule has 2 N–H and O–H groups in total. The van der Waals surface area contributed by atoms with E-state index in [9.17, 15) is 4.79 Å². The number of hydrogen-bond donors (Lipinski definition) is 2. The maximum atomic E-state index is 11.1. The van der Waals surface area contributed by atoms with Crippen molar-refractivity contribution >= 4 is 23.1 Å². The summed E-state index contributed by atoms with van der Waals surface area (Å²) in [6.07, 6.45) is 1.49. The van der Waals surface area contributed by atoms with Crippen LogP contribution in [0.2, 0.25) is 0 Å². The summed E-state index contributed by atoms with van der Waals surface area (Å²) in [5.74, 6) is 6.22. The maximum Gasteiger partial charge on any atom is 0.251 e. The second-order valence-corrected chi connectivity index (χ2v) is 5.21. The Bertz CT molecular complexity index is 637. The van der Waals surface area contributed by atoms with E-state index in [2.05, 4.69) is 21.8 Å². The summed E-state index contributed by atoms with van der Waals surface area (Å²) in [6.45, 7) is -0.143. The van der Waals surface area contributed by atoms with Crippen molar-refractivity contribution in [3.63, 3.8) is 0 Å². The average molecular weight is 278 g/mol. The first-order valence-electron chi connectivity index (χ1n) is 5.14. The first-order valence-corrected chi connectivity index (χ1v) is 7.00. The minimum Gasteiger partial charge on any atom is -0.384 e. The van der Waals surface area contributed by atoms with Crippen LogP contribution >= 0.6 is 23.1 Å². The summed E-state index contributed by atoms with van der Waals surface area (Å²) in [5.41, 5.74) is 0.763. The smallest absolute Gasteiger partial charge is 0.251 e. The van der Waals surface area contributed by atoms with Gasteiger partial charge in [-0.1, -0.05) is 23.6 Å². The molecule has 0 spiro atoms. The first-order chi connectivity index (χ1) is 8.79. The van der Waals surface area contributed by atoms with Crippen LogP contribution < -0.4 is 5.56 Å². The van der Waals surface area contributed by atoms with Gasteiger partial charge in [0.1, 0.15) is 6.61 Å². The van der Waals surface area contributed by atoms with Crippen molar-refractivity contribution in [3.05, 3.63) is 44.5 Å². The van der Waals surface area contributed by atoms with E-state index in [4.69, 9.17) is 5.11 Å². The molecule has 0 saturated carbocycles. The van der Waals surface area contributed by atoms with Crippen molar-refractivity contribution in [2.45, 2.75) is 10.9 Å². The number of rotatable bonds is 3. The van der Waals surface area contributed by atoms with E-state index in [0.29, 0.717) is 10.9 Å². The molecule has 2 heterocycles. The molecule has 0 radical (unpaired) electrons. The first kappa shape index (κ1) is 12.9. The van der Waals surface area contributed by atoms with Gasteiger partial charge in [0.25, 0.3) is 5.56 Å². The SMILES string of the molecule is O=c1ccnc(SCc2sccc2C#CCO)[nH]1. The molecule has 0 aromatic carbocycles. The molecule has 0 fully saturated rings. The van der Waals surface area contributed by atoms with E-state index in [0.717, 1.165) is 10.4 Å². The van der Waals surface area contributed by atoms with Crippen LogP contribution in [0.5, 0.6) is 0 Å². The van der Waals surface area contributed by atoms with Crippen LogP contribution in [-0.4, -0.2) is 21.7 Å². The average Bonchev–Trinajstić information content (AvgIpc) is 2.81. The van der Waals surface area contributed by atoms with E-state index in [1.807, 2.05) is 11.4 Å². The third-order valence-electron chi connectivity index (χ3n) is 2.04. The molecular weight excluding hydrogens is 268 g/mol. The van der Waals surface area contributed by atoms with Crippen molar-refractivity contribution in [2.75, 3.05) is 6.61 Å². The standard InChI is InChI=1S/C12H10N2O2S2/c15-6-1-2-9-4-7-17-10(9)8-18-12-13-5-3-11(16)14-12/h3-5,7,15H,6,8H2,(H,13,14,16). The highest BCUT2D eigenvalue weighted by Gasteiger charge is 2.04. The van der Waals surface area contributed by atoms with Crippen LogP contribution in [-0.2, 0) is 5.75 Å². The highest BCUT2D eigenvalue weighted by Crippen LogP contribution is 2.24. The molecule has 0 aliphatic rings. The van der Waals surface area contributed by atoms with Gasteiger partial charge in [-0.25, -0.2) is 4.98 Å².